The summed E-state index contributed by atoms with van der Waals surface area (Å²) >= 11 is 0. The predicted octanol–water partition coefficient (Wildman–Crippen LogP) is 2.87. The Morgan fingerprint density at radius 3 is 2.48 bits per heavy atom. The monoisotopic (exact) mass is 440 g/mol. The number of halogens is 1. The molecule has 0 radical (unpaired) electrons. The summed E-state index contributed by atoms with van der Waals surface area (Å²) < 4.78 is 42.6. The molecule has 1 saturated heterocycles. The van der Waals surface area contributed by atoms with Crippen molar-refractivity contribution in [3.63, 3.8) is 0 Å². The molecule has 1 aromatic heterocycles. The molecule has 3 heterocycles. The zero-order valence-corrected chi connectivity index (χ0v) is 17.3. The topological polar surface area (TPSA) is 108 Å². The van der Waals surface area contributed by atoms with Crippen LogP contribution >= 0.6 is 0 Å². The number of sulfone groups is 1. The smallest absolute Gasteiger partial charge is 0.271 e. The number of benzene rings is 1. The Bertz CT molecular complexity index is 1300. The van der Waals surface area contributed by atoms with Crippen molar-refractivity contribution in [2.75, 3.05) is 11.5 Å². The Kier molecular flexibility index (Phi) is 5.11. The molecule has 1 aromatic carbocycles. The average molecular weight is 440 g/mol. The van der Waals surface area contributed by atoms with E-state index in [1.807, 2.05) is 6.07 Å². The second-order valence-electron chi connectivity index (χ2n) is 7.42. The van der Waals surface area contributed by atoms with Gasteiger partial charge in [-0.2, -0.15) is 5.26 Å². The van der Waals surface area contributed by atoms with Gasteiger partial charge in [-0.25, -0.2) is 12.8 Å². The number of hydrogen-bond acceptors (Lipinski definition) is 6. The van der Waals surface area contributed by atoms with Crippen LogP contribution in [0.15, 0.2) is 57.5 Å². The number of imide groups is 1. The summed E-state index contributed by atoms with van der Waals surface area (Å²) in [6.07, 6.45) is 1.56. The van der Waals surface area contributed by atoms with E-state index in [4.69, 9.17) is 4.42 Å². The van der Waals surface area contributed by atoms with Crippen molar-refractivity contribution in [1.29, 1.82) is 5.26 Å². The summed E-state index contributed by atoms with van der Waals surface area (Å²) in [6, 6.07) is 9.99. The first-order chi connectivity index (χ1) is 14.7. The van der Waals surface area contributed by atoms with E-state index in [-0.39, 0.29) is 40.5 Å². The molecule has 1 atom stereocenters. The van der Waals surface area contributed by atoms with Gasteiger partial charge in [-0.1, -0.05) is 0 Å². The fourth-order valence-electron chi connectivity index (χ4n) is 3.75. The van der Waals surface area contributed by atoms with Crippen molar-refractivity contribution in [2.45, 2.75) is 19.4 Å². The molecule has 0 unspecified atom stereocenters. The van der Waals surface area contributed by atoms with Crippen molar-refractivity contribution in [3.05, 3.63) is 64.7 Å². The van der Waals surface area contributed by atoms with E-state index >= 15 is 0 Å². The minimum atomic E-state index is -3.35. The van der Waals surface area contributed by atoms with Crippen molar-refractivity contribution in [3.8, 4) is 17.4 Å². The van der Waals surface area contributed by atoms with Crippen LogP contribution in [-0.4, -0.2) is 42.7 Å². The number of furan rings is 1. The zero-order valence-electron chi connectivity index (χ0n) is 16.5. The van der Waals surface area contributed by atoms with E-state index in [0.29, 0.717) is 17.1 Å². The fraction of sp³-hybridized carbons (Fsp3) is 0.227. The largest absolute Gasteiger partial charge is 0.457 e. The van der Waals surface area contributed by atoms with Gasteiger partial charge < -0.3 is 4.42 Å². The number of carbonyl (C=O) groups is 2. The van der Waals surface area contributed by atoms with Gasteiger partial charge in [0.1, 0.15) is 29.0 Å². The molecule has 0 aliphatic carbocycles. The zero-order chi connectivity index (χ0) is 22.3. The number of hydrogen-bond donors (Lipinski definition) is 0. The average Bonchev–Trinajstić information content (AvgIpc) is 3.32. The number of nitrogens with zero attached hydrogens (tertiary/aromatic N) is 2. The lowest BCUT2D eigenvalue weighted by atomic mass is 9.93. The van der Waals surface area contributed by atoms with Crippen LogP contribution in [0.4, 0.5) is 4.39 Å². The molecule has 2 aliphatic rings. The number of rotatable bonds is 3. The van der Waals surface area contributed by atoms with E-state index in [1.165, 1.54) is 25.1 Å². The van der Waals surface area contributed by atoms with Crippen LogP contribution in [0.1, 0.15) is 19.1 Å². The number of carbonyl (C=O) groups excluding carboxylic acids is 2. The molecule has 0 bridgehead atoms. The van der Waals surface area contributed by atoms with Gasteiger partial charge >= 0.3 is 0 Å². The lowest BCUT2D eigenvalue weighted by Crippen LogP contribution is -2.49. The van der Waals surface area contributed by atoms with Crippen LogP contribution in [0, 0.1) is 17.1 Å². The molecule has 4 rings (SSSR count). The van der Waals surface area contributed by atoms with Gasteiger partial charge in [-0.15, -0.1) is 0 Å². The third kappa shape index (κ3) is 3.82. The molecule has 2 aliphatic heterocycles. The molecular formula is C22H17FN2O5S. The molecule has 0 N–H and O–H groups in total. The molecule has 2 amide bonds. The summed E-state index contributed by atoms with van der Waals surface area (Å²) in [5.41, 5.74) is 0.717. The number of nitriles is 1. The first-order valence-corrected chi connectivity index (χ1v) is 11.3. The molecule has 0 saturated carbocycles. The molecular weight excluding hydrogens is 423 g/mol. The van der Waals surface area contributed by atoms with Crippen molar-refractivity contribution >= 4 is 27.7 Å². The Hall–Kier alpha value is -3.51. The second-order valence-corrected chi connectivity index (χ2v) is 9.64. The highest BCUT2D eigenvalue weighted by Crippen LogP contribution is 2.32. The maximum absolute atomic E-state index is 13.1. The SMILES string of the molecule is CC1=C(C#N)C(=O)N([C@H]2CCS(=O)(=O)C2)C(=O)/C1=C/c1ccc(-c2ccc(F)cc2)o1. The quantitative estimate of drug-likeness (QED) is 0.536. The highest BCUT2D eigenvalue weighted by atomic mass is 32.2. The predicted molar refractivity (Wildman–Crippen MR) is 109 cm³/mol. The molecule has 158 valence electrons. The van der Waals surface area contributed by atoms with Gasteiger partial charge in [0, 0.05) is 11.1 Å². The van der Waals surface area contributed by atoms with Crippen molar-refractivity contribution in [2.24, 2.45) is 0 Å². The van der Waals surface area contributed by atoms with E-state index in [0.717, 1.165) is 4.90 Å². The highest BCUT2D eigenvalue weighted by molar-refractivity contribution is 7.91. The lowest BCUT2D eigenvalue weighted by molar-refractivity contribution is -0.142. The van der Waals surface area contributed by atoms with Crippen molar-refractivity contribution in [1.82, 2.24) is 4.90 Å². The van der Waals surface area contributed by atoms with Gasteiger partial charge in [0.05, 0.1) is 17.5 Å². The Morgan fingerprint density at radius 1 is 1.16 bits per heavy atom. The maximum atomic E-state index is 13.1. The van der Waals surface area contributed by atoms with Gasteiger partial charge in [-0.05, 0) is 61.4 Å². The normalized spacial score (nSPS) is 22.3. The van der Waals surface area contributed by atoms with Gasteiger partial charge in [-0.3, -0.25) is 14.5 Å². The van der Waals surface area contributed by atoms with Gasteiger partial charge in [0.2, 0.25) is 0 Å². The van der Waals surface area contributed by atoms with Crippen LogP contribution in [0.3, 0.4) is 0 Å². The summed E-state index contributed by atoms with van der Waals surface area (Å²) in [5.74, 6) is -1.50. The minimum absolute atomic E-state index is 0.0838. The maximum Gasteiger partial charge on any atom is 0.271 e. The second kappa shape index (κ2) is 7.63. The van der Waals surface area contributed by atoms with Crippen LogP contribution in [-0.2, 0) is 19.4 Å². The Labute approximate surface area is 178 Å². The Morgan fingerprint density at radius 2 is 1.87 bits per heavy atom. The third-order valence-electron chi connectivity index (χ3n) is 5.39. The minimum Gasteiger partial charge on any atom is -0.457 e. The first kappa shape index (κ1) is 20.8. The van der Waals surface area contributed by atoms with E-state index in [2.05, 4.69) is 0 Å². The third-order valence-corrected chi connectivity index (χ3v) is 7.14. The molecule has 9 heteroatoms. The van der Waals surface area contributed by atoms with Crippen LogP contribution in [0.25, 0.3) is 17.4 Å². The summed E-state index contributed by atoms with van der Waals surface area (Å²) in [6.45, 7) is 1.49. The molecule has 7 nitrogen and oxygen atoms in total. The first-order valence-electron chi connectivity index (χ1n) is 9.47. The van der Waals surface area contributed by atoms with Crippen LogP contribution < -0.4 is 0 Å². The standard InChI is InChI=1S/C22H17FN2O5S/c1-13-18(10-17-6-7-20(30-17)14-2-4-15(23)5-3-14)21(26)25(22(27)19(13)11-24)16-8-9-31(28,29)12-16/h2-7,10,16H,8-9,12H2,1H3/b18-10+/t16-/m0/s1. The van der Waals surface area contributed by atoms with Crippen molar-refractivity contribution < 1.29 is 26.8 Å². The Balaban J connectivity index is 1.73. The molecule has 1 fully saturated rings. The van der Waals surface area contributed by atoms with Gasteiger partial charge in [0.25, 0.3) is 11.8 Å². The van der Waals surface area contributed by atoms with Crippen LogP contribution in [0.5, 0.6) is 0 Å². The van der Waals surface area contributed by atoms with E-state index in [1.54, 1.807) is 24.3 Å². The highest BCUT2D eigenvalue weighted by Gasteiger charge is 2.43. The summed E-state index contributed by atoms with van der Waals surface area (Å²) in [7, 11) is -3.35. The molecule has 31 heavy (non-hydrogen) atoms. The van der Waals surface area contributed by atoms with E-state index < -0.39 is 27.7 Å². The summed E-state index contributed by atoms with van der Waals surface area (Å²) in [4.78, 5) is 26.8. The fourth-order valence-corrected chi connectivity index (χ4v) is 5.45. The summed E-state index contributed by atoms with van der Waals surface area (Å²) in [5, 5.41) is 9.47. The van der Waals surface area contributed by atoms with E-state index in [9.17, 15) is 27.7 Å². The van der Waals surface area contributed by atoms with Gasteiger partial charge in [0.15, 0.2) is 9.84 Å². The lowest BCUT2D eigenvalue weighted by Gasteiger charge is -2.31. The van der Waals surface area contributed by atoms with Crippen LogP contribution in [0.2, 0.25) is 0 Å². The number of amides is 2. The molecule has 2 aromatic rings. The molecule has 0 spiro atoms.